The van der Waals surface area contributed by atoms with Gasteiger partial charge in [-0.15, -0.1) is 0 Å². The molecule has 3 aromatic rings. The van der Waals surface area contributed by atoms with E-state index in [-0.39, 0.29) is 11.7 Å². The summed E-state index contributed by atoms with van der Waals surface area (Å²) in [5, 5.41) is 7.21. The van der Waals surface area contributed by atoms with Crippen molar-refractivity contribution < 1.29 is 14.3 Å². The molecule has 28 heavy (non-hydrogen) atoms. The van der Waals surface area contributed by atoms with Crippen molar-refractivity contribution in [2.75, 3.05) is 6.61 Å². The van der Waals surface area contributed by atoms with E-state index in [2.05, 4.69) is 10.4 Å². The van der Waals surface area contributed by atoms with Gasteiger partial charge in [-0.25, -0.2) is 4.68 Å². The fourth-order valence-electron chi connectivity index (χ4n) is 2.67. The number of hydrogen-bond donors (Lipinski definition) is 1. The van der Waals surface area contributed by atoms with E-state index < -0.39 is 0 Å². The molecule has 3 rings (SSSR count). The maximum absolute atomic E-state index is 12.0. The van der Waals surface area contributed by atoms with Crippen LogP contribution in [0.15, 0.2) is 67.0 Å². The van der Waals surface area contributed by atoms with E-state index in [9.17, 15) is 9.59 Å². The second-order valence-electron chi connectivity index (χ2n) is 6.44. The number of rotatable bonds is 9. The van der Waals surface area contributed by atoms with E-state index in [1.165, 1.54) is 6.92 Å². The van der Waals surface area contributed by atoms with Crippen LogP contribution in [-0.2, 0) is 11.3 Å². The second kappa shape index (κ2) is 9.50. The van der Waals surface area contributed by atoms with Crippen LogP contribution in [0.1, 0.15) is 35.7 Å². The van der Waals surface area contributed by atoms with Crippen LogP contribution >= 0.6 is 0 Å². The van der Waals surface area contributed by atoms with Gasteiger partial charge in [-0.05, 0) is 49.7 Å². The highest BCUT2D eigenvalue weighted by Gasteiger charge is 2.05. The molecule has 0 unspecified atom stereocenters. The van der Waals surface area contributed by atoms with Crippen LogP contribution < -0.4 is 10.1 Å². The minimum Gasteiger partial charge on any atom is -0.494 e. The molecule has 2 aromatic carbocycles. The molecule has 0 aliphatic carbocycles. The van der Waals surface area contributed by atoms with E-state index >= 15 is 0 Å². The normalized spacial score (nSPS) is 10.5. The minimum atomic E-state index is -0.0250. The minimum absolute atomic E-state index is 0.0250. The highest BCUT2D eigenvalue weighted by molar-refractivity contribution is 5.94. The number of hydrogen-bond acceptors (Lipinski definition) is 4. The maximum Gasteiger partial charge on any atom is 0.220 e. The number of benzene rings is 2. The summed E-state index contributed by atoms with van der Waals surface area (Å²) in [7, 11) is 0. The van der Waals surface area contributed by atoms with Crippen molar-refractivity contribution in [3.05, 3.63) is 78.1 Å². The molecular weight excluding hydrogens is 354 g/mol. The Bertz CT molecular complexity index is 918. The van der Waals surface area contributed by atoms with E-state index in [0.29, 0.717) is 37.3 Å². The van der Waals surface area contributed by atoms with Crippen molar-refractivity contribution in [3.8, 4) is 11.4 Å². The summed E-state index contributed by atoms with van der Waals surface area (Å²) >= 11 is 0. The summed E-state index contributed by atoms with van der Waals surface area (Å²) in [6.07, 6.45) is 4.66. The third-order valence-electron chi connectivity index (χ3n) is 4.22. The lowest BCUT2D eigenvalue weighted by Gasteiger charge is -2.07. The molecular formula is C22H23N3O3. The van der Waals surface area contributed by atoms with Gasteiger partial charge in [-0.2, -0.15) is 5.10 Å². The first kappa shape index (κ1) is 19.4. The molecule has 0 spiro atoms. The monoisotopic (exact) mass is 377 g/mol. The van der Waals surface area contributed by atoms with Crippen LogP contribution in [0.4, 0.5) is 0 Å². The summed E-state index contributed by atoms with van der Waals surface area (Å²) in [5.41, 5.74) is 2.58. The van der Waals surface area contributed by atoms with Crippen LogP contribution in [0.3, 0.4) is 0 Å². The smallest absolute Gasteiger partial charge is 0.220 e. The third-order valence-corrected chi connectivity index (χ3v) is 4.22. The number of ether oxygens (including phenoxy) is 1. The fraction of sp³-hybridized carbons (Fsp3) is 0.227. The van der Waals surface area contributed by atoms with Crippen molar-refractivity contribution in [2.24, 2.45) is 0 Å². The summed E-state index contributed by atoms with van der Waals surface area (Å²) in [5.74, 6) is 0.694. The molecule has 0 saturated heterocycles. The van der Waals surface area contributed by atoms with Gasteiger partial charge >= 0.3 is 0 Å². The molecule has 1 heterocycles. The number of para-hydroxylation sites is 1. The average molecular weight is 377 g/mol. The van der Waals surface area contributed by atoms with Gasteiger partial charge in [-0.1, -0.05) is 18.2 Å². The van der Waals surface area contributed by atoms with E-state index in [1.54, 1.807) is 35.1 Å². The number of Topliss-reactive ketones (excluding diaryl/α,β-unsaturated/α-hetero) is 1. The van der Waals surface area contributed by atoms with Crippen molar-refractivity contribution in [1.29, 1.82) is 0 Å². The molecule has 0 atom stereocenters. The van der Waals surface area contributed by atoms with Crippen molar-refractivity contribution in [3.63, 3.8) is 0 Å². The van der Waals surface area contributed by atoms with Crippen LogP contribution in [-0.4, -0.2) is 28.1 Å². The number of nitrogens with one attached hydrogen (secondary N) is 1. The molecule has 6 nitrogen and oxygen atoms in total. The van der Waals surface area contributed by atoms with Gasteiger partial charge in [0.25, 0.3) is 0 Å². The maximum atomic E-state index is 12.0. The van der Waals surface area contributed by atoms with Gasteiger partial charge in [0, 0.05) is 30.3 Å². The SMILES string of the molecule is CC(=O)c1ccc(OCCCC(=O)NCc2cnn(-c3ccccc3)c2)cc1. The summed E-state index contributed by atoms with van der Waals surface area (Å²) in [6.45, 7) is 2.42. The Morgan fingerprint density at radius 1 is 1.07 bits per heavy atom. The lowest BCUT2D eigenvalue weighted by atomic mass is 10.1. The Labute approximate surface area is 164 Å². The Morgan fingerprint density at radius 3 is 2.54 bits per heavy atom. The molecule has 0 aliphatic heterocycles. The molecule has 6 heteroatoms. The summed E-state index contributed by atoms with van der Waals surface area (Å²) in [6, 6.07) is 16.8. The van der Waals surface area contributed by atoms with Crippen molar-refractivity contribution in [1.82, 2.24) is 15.1 Å². The topological polar surface area (TPSA) is 73.2 Å². The van der Waals surface area contributed by atoms with Crippen molar-refractivity contribution >= 4 is 11.7 Å². The van der Waals surface area contributed by atoms with Crippen LogP contribution in [0.2, 0.25) is 0 Å². The first-order chi connectivity index (χ1) is 13.6. The predicted octanol–water partition coefficient (Wildman–Crippen LogP) is 3.55. The second-order valence-corrected chi connectivity index (χ2v) is 6.44. The highest BCUT2D eigenvalue weighted by Crippen LogP contribution is 2.13. The number of nitrogens with zero attached hydrogens (tertiary/aromatic N) is 2. The Kier molecular flexibility index (Phi) is 6.57. The number of amides is 1. The predicted molar refractivity (Wildman–Crippen MR) is 107 cm³/mol. The Balaban J connectivity index is 1.36. The molecule has 0 bridgehead atoms. The number of ketones is 1. The van der Waals surface area contributed by atoms with Crippen LogP contribution in [0, 0.1) is 0 Å². The summed E-state index contributed by atoms with van der Waals surface area (Å²) < 4.78 is 7.39. The van der Waals surface area contributed by atoms with Gasteiger partial charge < -0.3 is 10.1 Å². The first-order valence-corrected chi connectivity index (χ1v) is 9.21. The zero-order valence-corrected chi connectivity index (χ0v) is 15.8. The van der Waals surface area contributed by atoms with Gasteiger partial charge in [0.1, 0.15) is 5.75 Å². The largest absolute Gasteiger partial charge is 0.494 e. The molecule has 1 aromatic heterocycles. The lowest BCUT2D eigenvalue weighted by Crippen LogP contribution is -2.22. The zero-order chi connectivity index (χ0) is 19.8. The Hall–Kier alpha value is -3.41. The lowest BCUT2D eigenvalue weighted by molar-refractivity contribution is -0.121. The Morgan fingerprint density at radius 2 is 1.82 bits per heavy atom. The van der Waals surface area contributed by atoms with Gasteiger partial charge in [0.05, 0.1) is 18.5 Å². The molecule has 0 aliphatic rings. The zero-order valence-electron chi connectivity index (χ0n) is 15.8. The molecule has 0 fully saturated rings. The number of aromatic nitrogens is 2. The standard InChI is InChI=1S/C22H23N3O3/c1-17(26)19-9-11-21(12-10-19)28-13-5-8-22(27)23-14-18-15-24-25(16-18)20-6-3-2-4-7-20/h2-4,6-7,9-12,15-16H,5,8,13-14H2,1H3,(H,23,27). The molecule has 0 saturated carbocycles. The van der Waals surface area contributed by atoms with Crippen LogP contribution in [0.5, 0.6) is 5.75 Å². The van der Waals surface area contributed by atoms with Crippen molar-refractivity contribution in [2.45, 2.75) is 26.3 Å². The molecule has 144 valence electrons. The van der Waals surface area contributed by atoms with Gasteiger partial charge in [0.15, 0.2) is 5.78 Å². The highest BCUT2D eigenvalue weighted by atomic mass is 16.5. The van der Waals surface area contributed by atoms with Crippen LogP contribution in [0.25, 0.3) is 5.69 Å². The van der Waals surface area contributed by atoms with Gasteiger partial charge in [0.2, 0.25) is 5.91 Å². The molecule has 1 amide bonds. The van der Waals surface area contributed by atoms with E-state index in [4.69, 9.17) is 4.74 Å². The van der Waals surface area contributed by atoms with Gasteiger partial charge in [-0.3, -0.25) is 9.59 Å². The molecule has 1 N–H and O–H groups in total. The number of carbonyl (C=O) groups excluding carboxylic acids is 2. The fourth-order valence-corrected chi connectivity index (χ4v) is 2.67. The third kappa shape index (κ3) is 5.54. The molecule has 0 radical (unpaired) electrons. The average Bonchev–Trinajstić information content (AvgIpc) is 3.20. The summed E-state index contributed by atoms with van der Waals surface area (Å²) in [4.78, 5) is 23.2. The van der Waals surface area contributed by atoms with E-state index in [1.807, 2.05) is 36.5 Å². The number of carbonyl (C=O) groups is 2. The van der Waals surface area contributed by atoms with E-state index in [0.717, 1.165) is 11.3 Å². The first-order valence-electron chi connectivity index (χ1n) is 9.21. The quantitative estimate of drug-likeness (QED) is 0.457.